The van der Waals surface area contributed by atoms with Crippen LogP contribution < -0.4 is 10.6 Å². The summed E-state index contributed by atoms with van der Waals surface area (Å²) in [6.45, 7) is 12.6. The van der Waals surface area contributed by atoms with E-state index >= 15 is 0 Å². The van der Waals surface area contributed by atoms with E-state index in [0.29, 0.717) is 37.2 Å². The zero-order valence-electron chi connectivity index (χ0n) is 15.9. The zero-order valence-corrected chi connectivity index (χ0v) is 15.9. The molecule has 0 saturated carbocycles. The topological polar surface area (TPSA) is 95.7 Å². The molecule has 1 aliphatic rings. The Kier molecular flexibility index (Phi) is 6.39. The molecule has 0 bridgehead atoms. The summed E-state index contributed by atoms with van der Waals surface area (Å²) in [6, 6.07) is 0.212. The van der Waals surface area contributed by atoms with E-state index in [1.54, 1.807) is 0 Å². The second kappa shape index (κ2) is 8.31. The largest absolute Gasteiger partial charge is 0.357 e. The Hall–Kier alpha value is -2.12. The van der Waals surface area contributed by atoms with Crippen molar-refractivity contribution in [1.82, 2.24) is 25.7 Å². The summed E-state index contributed by atoms with van der Waals surface area (Å²) >= 11 is 0. The summed E-state index contributed by atoms with van der Waals surface area (Å²) in [7, 11) is 0. The Labute approximate surface area is 149 Å². The molecule has 1 saturated heterocycles. The van der Waals surface area contributed by atoms with Gasteiger partial charge in [0.15, 0.2) is 11.8 Å². The van der Waals surface area contributed by atoms with Crippen molar-refractivity contribution < 1.29 is 9.32 Å². The molecule has 0 spiro atoms. The van der Waals surface area contributed by atoms with Crippen LogP contribution in [-0.2, 0) is 16.8 Å². The molecule has 1 unspecified atom stereocenters. The third kappa shape index (κ3) is 5.44. The van der Waals surface area contributed by atoms with Crippen molar-refractivity contribution in [2.75, 3.05) is 19.6 Å². The number of hydrogen-bond donors (Lipinski definition) is 2. The lowest BCUT2D eigenvalue weighted by molar-refractivity contribution is -0.129. The Morgan fingerprint density at radius 1 is 1.40 bits per heavy atom. The molecule has 0 radical (unpaired) electrons. The Morgan fingerprint density at radius 3 is 2.76 bits per heavy atom. The molecule has 2 N–H and O–H groups in total. The number of carbonyl (C=O) groups excluding carboxylic acids is 1. The lowest BCUT2D eigenvalue weighted by Crippen LogP contribution is -2.45. The quantitative estimate of drug-likeness (QED) is 0.616. The van der Waals surface area contributed by atoms with Crippen LogP contribution >= 0.6 is 0 Å². The van der Waals surface area contributed by atoms with Crippen molar-refractivity contribution >= 4 is 11.9 Å². The van der Waals surface area contributed by atoms with Gasteiger partial charge in [0.25, 0.3) is 0 Å². The molecule has 25 heavy (non-hydrogen) atoms. The van der Waals surface area contributed by atoms with Crippen molar-refractivity contribution in [3.63, 3.8) is 0 Å². The molecule has 8 nitrogen and oxygen atoms in total. The highest BCUT2D eigenvalue weighted by Gasteiger charge is 2.26. The van der Waals surface area contributed by atoms with Crippen LogP contribution in [0.5, 0.6) is 0 Å². The maximum Gasteiger partial charge on any atom is 0.232 e. The van der Waals surface area contributed by atoms with Crippen LogP contribution in [0.4, 0.5) is 0 Å². The maximum atomic E-state index is 11.8. The minimum Gasteiger partial charge on any atom is -0.357 e. The van der Waals surface area contributed by atoms with E-state index in [1.807, 2.05) is 39.5 Å². The number of hydrogen-bond acceptors (Lipinski definition) is 5. The third-order valence-corrected chi connectivity index (χ3v) is 4.02. The van der Waals surface area contributed by atoms with E-state index in [4.69, 9.17) is 4.52 Å². The van der Waals surface area contributed by atoms with Crippen LogP contribution in [0.15, 0.2) is 9.52 Å². The number of nitrogens with one attached hydrogen (secondary N) is 2. The first kappa shape index (κ1) is 19.2. The predicted molar refractivity (Wildman–Crippen MR) is 96.2 cm³/mol. The molecule has 0 aliphatic carbocycles. The second-order valence-corrected chi connectivity index (χ2v) is 7.28. The van der Waals surface area contributed by atoms with Crippen LogP contribution in [-0.4, -0.2) is 52.6 Å². The molecular formula is C17H30N6O2. The average Bonchev–Trinajstić information content (AvgIpc) is 3.21. The highest BCUT2D eigenvalue weighted by atomic mass is 16.5. The monoisotopic (exact) mass is 350 g/mol. The van der Waals surface area contributed by atoms with Gasteiger partial charge in [-0.1, -0.05) is 32.9 Å². The van der Waals surface area contributed by atoms with Gasteiger partial charge in [-0.15, -0.1) is 0 Å². The number of carbonyl (C=O) groups is 1. The molecular weight excluding hydrogens is 320 g/mol. The zero-order chi connectivity index (χ0) is 18.4. The molecule has 2 rings (SSSR count). The van der Waals surface area contributed by atoms with Crippen molar-refractivity contribution in [3.8, 4) is 0 Å². The van der Waals surface area contributed by atoms with Crippen LogP contribution in [0.1, 0.15) is 59.2 Å². The van der Waals surface area contributed by atoms with E-state index in [0.717, 1.165) is 19.5 Å². The summed E-state index contributed by atoms with van der Waals surface area (Å²) in [5.74, 6) is 2.09. The van der Waals surface area contributed by atoms with E-state index in [1.165, 1.54) is 0 Å². The van der Waals surface area contributed by atoms with Gasteiger partial charge >= 0.3 is 0 Å². The van der Waals surface area contributed by atoms with E-state index < -0.39 is 0 Å². The van der Waals surface area contributed by atoms with Gasteiger partial charge in [0.1, 0.15) is 6.54 Å². The van der Waals surface area contributed by atoms with Gasteiger partial charge in [-0.25, -0.2) is 4.99 Å². The summed E-state index contributed by atoms with van der Waals surface area (Å²) in [6.07, 6.45) is 1.47. The molecule has 1 amide bonds. The lowest BCUT2D eigenvalue weighted by atomic mass is 9.97. The van der Waals surface area contributed by atoms with Crippen LogP contribution in [0.3, 0.4) is 0 Å². The fourth-order valence-corrected chi connectivity index (χ4v) is 2.61. The molecule has 0 aromatic carbocycles. The van der Waals surface area contributed by atoms with Gasteiger partial charge in [0.05, 0.1) is 0 Å². The molecule has 1 aliphatic heterocycles. The fourth-order valence-electron chi connectivity index (χ4n) is 2.61. The smallest absolute Gasteiger partial charge is 0.232 e. The van der Waals surface area contributed by atoms with E-state index in [9.17, 15) is 4.79 Å². The van der Waals surface area contributed by atoms with Crippen molar-refractivity contribution in [2.24, 2.45) is 4.99 Å². The maximum absolute atomic E-state index is 11.8. The minimum absolute atomic E-state index is 0.170. The SMILES string of the molecule is CCNC(=NCc1noc(C(C)(C)C)n1)NC1CCN(C(=O)CC)C1. The average molecular weight is 350 g/mol. The third-order valence-electron chi connectivity index (χ3n) is 4.02. The molecule has 1 atom stereocenters. The summed E-state index contributed by atoms with van der Waals surface area (Å²) in [5, 5.41) is 10.6. The van der Waals surface area contributed by atoms with E-state index in [2.05, 4.69) is 25.8 Å². The van der Waals surface area contributed by atoms with Gasteiger partial charge in [0.2, 0.25) is 11.8 Å². The standard InChI is InChI=1S/C17H30N6O2/c1-6-14(24)23-9-8-12(11-23)20-16(18-7-2)19-10-13-21-15(25-22-13)17(3,4)5/h12H,6-11H2,1-5H3,(H2,18,19,20). The summed E-state index contributed by atoms with van der Waals surface area (Å²) in [4.78, 5) is 22.6. The van der Waals surface area contributed by atoms with Gasteiger partial charge in [-0.05, 0) is 13.3 Å². The number of guanidine groups is 1. The van der Waals surface area contributed by atoms with Gasteiger partial charge in [-0.3, -0.25) is 4.79 Å². The fraction of sp³-hybridized carbons (Fsp3) is 0.765. The van der Waals surface area contributed by atoms with Crippen LogP contribution in [0.2, 0.25) is 0 Å². The number of nitrogens with zero attached hydrogens (tertiary/aromatic N) is 4. The van der Waals surface area contributed by atoms with Crippen molar-refractivity contribution in [2.45, 2.75) is 65.5 Å². The van der Waals surface area contributed by atoms with Crippen LogP contribution in [0.25, 0.3) is 0 Å². The highest BCUT2D eigenvalue weighted by molar-refractivity contribution is 5.80. The molecule has 140 valence electrons. The number of aromatic nitrogens is 2. The Morgan fingerprint density at radius 2 is 2.16 bits per heavy atom. The lowest BCUT2D eigenvalue weighted by Gasteiger charge is -2.18. The Balaban J connectivity index is 1.95. The molecule has 1 fully saturated rings. The normalized spacial score (nSPS) is 18.5. The predicted octanol–water partition coefficient (Wildman–Crippen LogP) is 1.43. The van der Waals surface area contributed by atoms with Gasteiger partial charge < -0.3 is 20.1 Å². The number of amides is 1. The molecule has 2 heterocycles. The molecule has 1 aromatic rings. The molecule has 1 aromatic heterocycles. The summed E-state index contributed by atoms with van der Waals surface area (Å²) in [5.41, 5.74) is -0.170. The number of aliphatic imine (C=N–C) groups is 1. The number of rotatable bonds is 5. The Bertz CT molecular complexity index is 605. The first-order valence-electron chi connectivity index (χ1n) is 8.99. The first-order valence-corrected chi connectivity index (χ1v) is 8.99. The van der Waals surface area contributed by atoms with Gasteiger partial charge in [0, 0.05) is 37.5 Å². The summed E-state index contributed by atoms with van der Waals surface area (Å²) < 4.78 is 5.29. The van der Waals surface area contributed by atoms with Crippen molar-refractivity contribution in [1.29, 1.82) is 0 Å². The van der Waals surface area contributed by atoms with Crippen molar-refractivity contribution in [3.05, 3.63) is 11.7 Å². The first-order chi connectivity index (χ1) is 11.8. The van der Waals surface area contributed by atoms with E-state index in [-0.39, 0.29) is 17.4 Å². The van der Waals surface area contributed by atoms with Gasteiger partial charge in [-0.2, -0.15) is 4.98 Å². The number of likely N-dealkylation sites (tertiary alicyclic amines) is 1. The second-order valence-electron chi connectivity index (χ2n) is 7.28. The van der Waals surface area contributed by atoms with Crippen LogP contribution in [0, 0.1) is 0 Å². The molecule has 8 heteroatoms. The minimum atomic E-state index is -0.170. The highest BCUT2D eigenvalue weighted by Crippen LogP contribution is 2.19.